The molecular formula is C20H26N4O3S2. The summed E-state index contributed by atoms with van der Waals surface area (Å²) in [6.45, 7) is 5.24. The largest absolute Gasteiger partial charge is 0.386 e. The lowest BCUT2D eigenvalue weighted by Gasteiger charge is -2.16. The van der Waals surface area contributed by atoms with E-state index in [2.05, 4.69) is 9.68 Å². The van der Waals surface area contributed by atoms with Gasteiger partial charge >= 0.3 is 6.03 Å². The van der Waals surface area contributed by atoms with Gasteiger partial charge in [-0.25, -0.2) is 14.1 Å². The van der Waals surface area contributed by atoms with Crippen molar-refractivity contribution in [3.63, 3.8) is 0 Å². The van der Waals surface area contributed by atoms with Crippen LogP contribution in [0.1, 0.15) is 67.1 Å². The smallest absolute Gasteiger partial charge is 0.354 e. The molecule has 7 nitrogen and oxygen atoms in total. The molecule has 4 N–H and O–H groups in total. The molecule has 0 bridgehead atoms. The summed E-state index contributed by atoms with van der Waals surface area (Å²) in [7, 11) is -3.41. The van der Waals surface area contributed by atoms with Crippen LogP contribution in [0, 0.1) is 6.92 Å². The van der Waals surface area contributed by atoms with Gasteiger partial charge in [0, 0.05) is 17.3 Å². The number of carbonyl (C=O) groups is 1. The molecule has 2 heterocycles. The SMILES string of the molecule is Cc1c(C2CC2)nc2c(c1NC(=O)N=[S@@](N)(=O)c1cc(C(C)(C)O)cs1)CCC2. The summed E-state index contributed by atoms with van der Waals surface area (Å²) < 4.78 is 17.0. The average Bonchev–Trinajstić information content (AvgIpc) is 3.13. The van der Waals surface area contributed by atoms with Crippen molar-refractivity contribution in [1.82, 2.24) is 4.98 Å². The van der Waals surface area contributed by atoms with Crippen molar-refractivity contribution in [1.29, 1.82) is 0 Å². The van der Waals surface area contributed by atoms with Gasteiger partial charge in [0.2, 0.25) is 0 Å². The van der Waals surface area contributed by atoms with Gasteiger partial charge in [-0.1, -0.05) is 0 Å². The van der Waals surface area contributed by atoms with Crippen LogP contribution >= 0.6 is 11.3 Å². The van der Waals surface area contributed by atoms with E-state index in [1.165, 1.54) is 0 Å². The Morgan fingerprint density at radius 3 is 2.76 bits per heavy atom. The van der Waals surface area contributed by atoms with E-state index in [1.54, 1.807) is 25.3 Å². The molecule has 0 aliphatic heterocycles. The summed E-state index contributed by atoms with van der Waals surface area (Å²) in [5, 5.41) is 20.5. The van der Waals surface area contributed by atoms with Crippen LogP contribution in [0.15, 0.2) is 20.0 Å². The summed E-state index contributed by atoms with van der Waals surface area (Å²) in [4.78, 5) is 17.5. The number of nitrogens with one attached hydrogen (secondary N) is 1. The van der Waals surface area contributed by atoms with E-state index < -0.39 is 21.5 Å². The third-order valence-corrected chi connectivity index (χ3v) is 8.35. The summed E-state index contributed by atoms with van der Waals surface area (Å²) >= 11 is 1.13. The van der Waals surface area contributed by atoms with Gasteiger partial charge in [-0.2, -0.15) is 0 Å². The molecular weight excluding hydrogens is 408 g/mol. The van der Waals surface area contributed by atoms with Crippen molar-refractivity contribution in [3.8, 4) is 0 Å². The highest BCUT2D eigenvalue weighted by Gasteiger charge is 2.31. The molecule has 1 atom stereocenters. The second-order valence-corrected chi connectivity index (χ2v) is 11.3. The zero-order valence-corrected chi connectivity index (χ0v) is 18.5. The summed E-state index contributed by atoms with van der Waals surface area (Å²) in [5.41, 5.74) is 4.39. The minimum Gasteiger partial charge on any atom is -0.386 e. The molecule has 1 fully saturated rings. The number of hydrogen-bond acceptors (Lipinski definition) is 5. The monoisotopic (exact) mass is 434 g/mol. The number of pyridine rings is 1. The fourth-order valence-corrected chi connectivity index (χ4v) is 6.00. The predicted molar refractivity (Wildman–Crippen MR) is 115 cm³/mol. The quantitative estimate of drug-likeness (QED) is 0.674. The molecule has 2 amide bonds. The van der Waals surface area contributed by atoms with E-state index in [1.807, 2.05) is 6.92 Å². The topological polar surface area (TPSA) is 118 Å². The van der Waals surface area contributed by atoms with Gasteiger partial charge in [-0.15, -0.1) is 15.7 Å². The van der Waals surface area contributed by atoms with E-state index in [-0.39, 0.29) is 4.21 Å². The molecule has 2 aromatic heterocycles. The molecule has 156 valence electrons. The summed E-state index contributed by atoms with van der Waals surface area (Å²) in [5.74, 6) is 0.471. The minimum absolute atomic E-state index is 0.264. The van der Waals surface area contributed by atoms with Crippen molar-refractivity contribution < 1.29 is 14.1 Å². The standard InChI is InChI=1S/C20H26N4O3S2/c1-11-17(12-7-8-12)22-15-6-4-5-14(15)18(11)23-19(25)24-29(21,27)16-9-13(10-28-16)20(2,3)26/h9-10,12,26H,4-8H2,1-3H3,(H3,21,22,23,24,25,27)/t29-/m1/s1. The zero-order chi connectivity index (χ0) is 21.0. The minimum atomic E-state index is -3.41. The molecule has 0 radical (unpaired) electrons. The number of rotatable bonds is 4. The van der Waals surface area contributed by atoms with E-state index in [0.717, 1.165) is 71.6 Å². The average molecular weight is 435 g/mol. The normalized spacial score (nSPS) is 18.2. The number of aliphatic hydroxyl groups is 1. The van der Waals surface area contributed by atoms with Crippen LogP contribution in [0.25, 0.3) is 0 Å². The third-order valence-electron chi connectivity index (χ3n) is 5.49. The Morgan fingerprint density at radius 2 is 2.14 bits per heavy atom. The van der Waals surface area contributed by atoms with Crippen molar-refractivity contribution in [2.75, 3.05) is 5.32 Å². The number of thiophene rings is 1. The first-order valence-corrected chi connectivity index (χ1v) is 12.2. The highest BCUT2D eigenvalue weighted by atomic mass is 32.2. The molecule has 4 rings (SSSR count). The summed E-state index contributed by atoms with van der Waals surface area (Å²) in [6, 6.07) is 0.825. The molecule has 0 spiro atoms. The first kappa shape index (κ1) is 20.5. The maximum atomic E-state index is 12.9. The lowest BCUT2D eigenvalue weighted by molar-refractivity contribution is 0.0789. The maximum Gasteiger partial charge on any atom is 0.354 e. The number of nitrogens with two attached hydrogens (primary N) is 1. The van der Waals surface area contributed by atoms with E-state index >= 15 is 0 Å². The zero-order valence-electron chi connectivity index (χ0n) is 16.8. The highest BCUT2D eigenvalue weighted by molar-refractivity contribution is 7.93. The lowest BCUT2D eigenvalue weighted by atomic mass is 10.0. The Morgan fingerprint density at radius 1 is 1.41 bits per heavy atom. The molecule has 29 heavy (non-hydrogen) atoms. The van der Waals surface area contributed by atoms with E-state index in [9.17, 15) is 14.1 Å². The van der Waals surface area contributed by atoms with E-state index in [4.69, 9.17) is 10.1 Å². The Labute approximate surface area is 175 Å². The van der Waals surface area contributed by atoms with Crippen LogP contribution in [0.5, 0.6) is 0 Å². The number of anilines is 1. The second kappa shape index (κ2) is 7.16. The molecule has 0 unspecified atom stereocenters. The van der Waals surface area contributed by atoms with Crippen molar-refractivity contribution in [3.05, 3.63) is 39.5 Å². The number of carbonyl (C=O) groups excluding carboxylic acids is 1. The van der Waals surface area contributed by atoms with Gasteiger partial charge in [0.15, 0.2) is 9.92 Å². The Hall–Kier alpha value is -1.81. The van der Waals surface area contributed by atoms with Crippen LogP contribution in [0.4, 0.5) is 10.5 Å². The molecule has 1 saturated carbocycles. The van der Waals surface area contributed by atoms with Gasteiger partial charge in [0.05, 0.1) is 11.3 Å². The fraction of sp³-hybridized carbons (Fsp3) is 0.500. The number of fused-ring (bicyclic) bond motifs is 1. The molecule has 0 saturated heterocycles. The molecule has 2 aliphatic rings. The maximum absolute atomic E-state index is 12.9. The van der Waals surface area contributed by atoms with Gasteiger partial charge in [-0.3, -0.25) is 4.98 Å². The second-order valence-electron chi connectivity index (χ2n) is 8.35. The molecule has 2 aromatic rings. The molecule has 0 aromatic carbocycles. The van der Waals surface area contributed by atoms with Gasteiger partial charge in [-0.05, 0) is 81.0 Å². The number of aryl methyl sites for hydroxylation is 1. The van der Waals surface area contributed by atoms with Crippen molar-refractivity contribution in [2.24, 2.45) is 9.50 Å². The number of hydrogen-bond donors (Lipinski definition) is 3. The van der Waals surface area contributed by atoms with Crippen molar-refractivity contribution >= 4 is 33.0 Å². The van der Waals surface area contributed by atoms with Gasteiger partial charge < -0.3 is 10.4 Å². The Balaban J connectivity index is 1.65. The first-order valence-electron chi connectivity index (χ1n) is 9.76. The van der Waals surface area contributed by atoms with Crippen molar-refractivity contribution in [2.45, 2.75) is 68.6 Å². The summed E-state index contributed by atoms with van der Waals surface area (Å²) in [6.07, 6.45) is 5.05. The third kappa shape index (κ3) is 4.09. The number of nitrogens with zero attached hydrogens (tertiary/aromatic N) is 2. The predicted octanol–water partition coefficient (Wildman–Crippen LogP) is 3.98. The Kier molecular flexibility index (Phi) is 5.05. The van der Waals surface area contributed by atoms with Crippen LogP contribution in [-0.4, -0.2) is 20.3 Å². The number of aromatic nitrogens is 1. The molecule has 2 aliphatic carbocycles. The number of amides is 2. The van der Waals surface area contributed by atoms with Crippen LogP contribution in [-0.2, 0) is 28.4 Å². The lowest BCUT2D eigenvalue weighted by Crippen LogP contribution is -2.19. The van der Waals surface area contributed by atoms with Crippen LogP contribution in [0.2, 0.25) is 0 Å². The van der Waals surface area contributed by atoms with Crippen LogP contribution in [0.3, 0.4) is 0 Å². The number of urea groups is 1. The highest BCUT2D eigenvalue weighted by Crippen LogP contribution is 2.44. The van der Waals surface area contributed by atoms with Gasteiger partial charge in [0.25, 0.3) is 0 Å². The Bertz CT molecular complexity index is 1100. The molecule has 9 heteroatoms. The fourth-order valence-electron chi connectivity index (χ4n) is 3.72. The van der Waals surface area contributed by atoms with Gasteiger partial charge in [0.1, 0.15) is 4.21 Å². The van der Waals surface area contributed by atoms with E-state index in [0.29, 0.717) is 11.5 Å². The van der Waals surface area contributed by atoms with Crippen LogP contribution < -0.4 is 10.5 Å². The first-order chi connectivity index (χ1) is 13.6.